The Balaban J connectivity index is 2.29. The van der Waals surface area contributed by atoms with Crippen LogP contribution in [0.2, 0.25) is 0 Å². The van der Waals surface area contributed by atoms with Crippen LogP contribution in [0.4, 0.5) is 5.69 Å². The molecule has 1 aromatic carbocycles. The number of aryl methyl sites for hydroxylation is 1. The lowest BCUT2D eigenvalue weighted by atomic mass is 10.2. The van der Waals surface area contributed by atoms with Gasteiger partial charge in [0.1, 0.15) is 5.69 Å². The van der Waals surface area contributed by atoms with Gasteiger partial charge in [0, 0.05) is 23.4 Å². The summed E-state index contributed by atoms with van der Waals surface area (Å²) in [6, 6.07) is 9.59. The quantitative estimate of drug-likeness (QED) is 0.905. The maximum Gasteiger partial charge on any atom is 0.274 e. The predicted molar refractivity (Wildman–Crippen MR) is 72.4 cm³/mol. The molecule has 1 N–H and O–H groups in total. The third-order valence-corrected chi connectivity index (χ3v) is 3.12. The van der Waals surface area contributed by atoms with E-state index in [1.807, 2.05) is 31.2 Å². The van der Waals surface area contributed by atoms with Crippen molar-refractivity contribution in [1.29, 1.82) is 0 Å². The zero-order chi connectivity index (χ0) is 12.4. The van der Waals surface area contributed by atoms with Crippen molar-refractivity contribution in [2.75, 3.05) is 11.9 Å². The summed E-state index contributed by atoms with van der Waals surface area (Å²) in [5, 5.41) is 0. The molecule has 1 aromatic heterocycles. The number of anilines is 1. The van der Waals surface area contributed by atoms with E-state index >= 15 is 0 Å². The van der Waals surface area contributed by atoms with Gasteiger partial charge in [-0.25, -0.2) is 0 Å². The molecule has 0 aliphatic heterocycles. The van der Waals surface area contributed by atoms with Gasteiger partial charge < -0.3 is 9.88 Å². The van der Waals surface area contributed by atoms with Crippen molar-refractivity contribution in [3.05, 3.63) is 52.3 Å². The summed E-state index contributed by atoms with van der Waals surface area (Å²) in [5.74, 6) is -0.0509. The summed E-state index contributed by atoms with van der Waals surface area (Å²) in [6.07, 6.45) is 1.75. The fraction of sp³-hybridized carbons (Fsp3) is 0.154. The third-order valence-electron chi connectivity index (χ3n) is 2.66. The summed E-state index contributed by atoms with van der Waals surface area (Å²) in [6.45, 7) is 1.99. The van der Waals surface area contributed by atoms with Crippen LogP contribution < -0.4 is 4.90 Å². The Kier molecular flexibility index (Phi) is 3.33. The molecule has 0 spiro atoms. The number of H-pyrrole nitrogens is 1. The lowest BCUT2D eigenvalue weighted by molar-refractivity contribution is 0.0988. The number of carbonyl (C=O) groups excluding carboxylic acids is 1. The van der Waals surface area contributed by atoms with Crippen LogP contribution in [0.3, 0.4) is 0 Å². The smallest absolute Gasteiger partial charge is 0.274 e. The minimum atomic E-state index is -0.0509. The van der Waals surface area contributed by atoms with Gasteiger partial charge in [0.15, 0.2) is 0 Å². The molecule has 0 unspecified atom stereocenters. The third kappa shape index (κ3) is 2.42. The summed E-state index contributed by atoms with van der Waals surface area (Å²) in [5.41, 5.74) is 2.57. The Morgan fingerprint density at radius 1 is 1.35 bits per heavy atom. The van der Waals surface area contributed by atoms with Gasteiger partial charge in [-0.2, -0.15) is 0 Å². The van der Waals surface area contributed by atoms with Crippen molar-refractivity contribution >= 4 is 27.5 Å². The summed E-state index contributed by atoms with van der Waals surface area (Å²) in [4.78, 5) is 16.8. The van der Waals surface area contributed by atoms with E-state index in [2.05, 4.69) is 20.9 Å². The van der Waals surface area contributed by atoms with Crippen LogP contribution in [0, 0.1) is 6.92 Å². The number of para-hydroxylation sites is 1. The summed E-state index contributed by atoms with van der Waals surface area (Å²) >= 11 is 3.32. The molecule has 4 heteroatoms. The van der Waals surface area contributed by atoms with Gasteiger partial charge in [-0.15, -0.1) is 0 Å². The highest BCUT2D eigenvalue weighted by Gasteiger charge is 2.16. The zero-order valence-corrected chi connectivity index (χ0v) is 11.3. The molecular weight excluding hydrogens is 280 g/mol. The first-order chi connectivity index (χ1) is 8.09. The number of amides is 1. The second-order valence-electron chi connectivity index (χ2n) is 3.88. The molecule has 0 bridgehead atoms. The van der Waals surface area contributed by atoms with E-state index in [0.717, 1.165) is 15.7 Å². The van der Waals surface area contributed by atoms with Gasteiger partial charge in [-0.1, -0.05) is 18.2 Å². The Hall–Kier alpha value is -1.55. The van der Waals surface area contributed by atoms with E-state index in [1.54, 1.807) is 24.2 Å². The molecule has 2 rings (SSSR count). The number of hydrogen-bond donors (Lipinski definition) is 1. The van der Waals surface area contributed by atoms with Gasteiger partial charge in [0.25, 0.3) is 5.91 Å². The van der Waals surface area contributed by atoms with Crippen LogP contribution >= 0.6 is 15.9 Å². The van der Waals surface area contributed by atoms with Gasteiger partial charge >= 0.3 is 0 Å². The van der Waals surface area contributed by atoms with E-state index in [-0.39, 0.29) is 5.91 Å². The number of benzene rings is 1. The number of nitrogens with zero attached hydrogens (tertiary/aromatic N) is 1. The molecule has 88 valence electrons. The average Bonchev–Trinajstić information content (AvgIpc) is 2.75. The molecule has 0 aliphatic carbocycles. The van der Waals surface area contributed by atoms with Crippen molar-refractivity contribution in [3.63, 3.8) is 0 Å². The lowest BCUT2D eigenvalue weighted by Crippen LogP contribution is -2.27. The molecule has 1 heterocycles. The van der Waals surface area contributed by atoms with Crippen molar-refractivity contribution in [2.45, 2.75) is 6.92 Å². The highest BCUT2D eigenvalue weighted by atomic mass is 79.9. The van der Waals surface area contributed by atoms with E-state index in [0.29, 0.717) is 5.69 Å². The SMILES string of the molecule is Cc1ccccc1N(C)C(=O)c1cc(Br)c[nH]1. The first-order valence-electron chi connectivity index (χ1n) is 5.27. The van der Waals surface area contributed by atoms with Crippen LogP contribution in [-0.4, -0.2) is 17.9 Å². The first-order valence-corrected chi connectivity index (χ1v) is 6.06. The fourth-order valence-electron chi connectivity index (χ4n) is 1.72. The second-order valence-corrected chi connectivity index (χ2v) is 4.80. The van der Waals surface area contributed by atoms with Crippen LogP contribution in [-0.2, 0) is 0 Å². The van der Waals surface area contributed by atoms with Crippen molar-refractivity contribution < 1.29 is 4.79 Å². The standard InChI is InChI=1S/C13H13BrN2O/c1-9-5-3-4-6-12(9)16(2)13(17)11-7-10(14)8-15-11/h3-8,15H,1-2H3. The van der Waals surface area contributed by atoms with E-state index < -0.39 is 0 Å². The van der Waals surface area contributed by atoms with Gasteiger partial charge in [-0.3, -0.25) is 4.79 Å². The van der Waals surface area contributed by atoms with E-state index in [9.17, 15) is 4.79 Å². The minimum Gasteiger partial charge on any atom is -0.356 e. The molecule has 0 saturated carbocycles. The van der Waals surface area contributed by atoms with Gasteiger partial charge in [-0.05, 0) is 40.5 Å². The number of halogens is 1. The number of carbonyl (C=O) groups is 1. The fourth-order valence-corrected chi connectivity index (χ4v) is 2.06. The normalized spacial score (nSPS) is 10.3. The van der Waals surface area contributed by atoms with Crippen LogP contribution in [0.15, 0.2) is 41.0 Å². The Labute approximate surface area is 109 Å². The number of aromatic nitrogens is 1. The summed E-state index contributed by atoms with van der Waals surface area (Å²) in [7, 11) is 1.78. The molecule has 0 aliphatic rings. The van der Waals surface area contributed by atoms with Gasteiger partial charge in [0.05, 0.1) is 0 Å². The van der Waals surface area contributed by atoms with Crippen LogP contribution in [0.25, 0.3) is 0 Å². The number of hydrogen-bond acceptors (Lipinski definition) is 1. The van der Waals surface area contributed by atoms with Crippen LogP contribution in [0.1, 0.15) is 16.1 Å². The molecule has 0 atom stereocenters. The Morgan fingerprint density at radius 3 is 2.65 bits per heavy atom. The number of aromatic amines is 1. The predicted octanol–water partition coefficient (Wildman–Crippen LogP) is 3.36. The number of rotatable bonds is 2. The molecule has 1 amide bonds. The lowest BCUT2D eigenvalue weighted by Gasteiger charge is -2.18. The largest absolute Gasteiger partial charge is 0.356 e. The average molecular weight is 293 g/mol. The van der Waals surface area contributed by atoms with Crippen molar-refractivity contribution in [3.8, 4) is 0 Å². The molecule has 0 fully saturated rings. The molecule has 2 aromatic rings. The molecule has 17 heavy (non-hydrogen) atoms. The molecule has 0 saturated heterocycles. The molecule has 0 radical (unpaired) electrons. The summed E-state index contributed by atoms with van der Waals surface area (Å²) < 4.78 is 0.874. The highest BCUT2D eigenvalue weighted by Crippen LogP contribution is 2.20. The van der Waals surface area contributed by atoms with Crippen molar-refractivity contribution in [2.24, 2.45) is 0 Å². The molecular formula is C13H13BrN2O. The number of nitrogens with one attached hydrogen (secondary N) is 1. The maximum absolute atomic E-state index is 12.2. The zero-order valence-electron chi connectivity index (χ0n) is 9.70. The molecule has 3 nitrogen and oxygen atoms in total. The van der Waals surface area contributed by atoms with Crippen LogP contribution in [0.5, 0.6) is 0 Å². The van der Waals surface area contributed by atoms with Crippen molar-refractivity contribution in [1.82, 2.24) is 4.98 Å². The van der Waals surface area contributed by atoms with E-state index in [1.165, 1.54) is 0 Å². The topological polar surface area (TPSA) is 36.1 Å². The first kappa shape index (κ1) is 11.9. The maximum atomic E-state index is 12.2. The monoisotopic (exact) mass is 292 g/mol. The Bertz CT molecular complexity index is 548. The Morgan fingerprint density at radius 2 is 2.06 bits per heavy atom. The minimum absolute atomic E-state index is 0.0509. The second kappa shape index (κ2) is 4.75. The van der Waals surface area contributed by atoms with E-state index in [4.69, 9.17) is 0 Å². The highest BCUT2D eigenvalue weighted by molar-refractivity contribution is 9.10. The van der Waals surface area contributed by atoms with Gasteiger partial charge in [0.2, 0.25) is 0 Å².